The van der Waals surface area contributed by atoms with Gasteiger partial charge in [0.25, 0.3) is 5.91 Å². The molecule has 0 unspecified atom stereocenters. The van der Waals surface area contributed by atoms with E-state index >= 15 is 0 Å². The van der Waals surface area contributed by atoms with Crippen LogP contribution in [0.25, 0.3) is 0 Å². The number of hydrogen-bond acceptors (Lipinski definition) is 2. The Kier molecular flexibility index (Phi) is 5.14. The Morgan fingerprint density at radius 1 is 0.864 bits per heavy atom. The van der Waals surface area contributed by atoms with Gasteiger partial charge in [0.1, 0.15) is 0 Å². The van der Waals surface area contributed by atoms with Crippen LogP contribution in [0.1, 0.15) is 22.8 Å². The van der Waals surface area contributed by atoms with Crippen molar-refractivity contribution >= 4 is 23.3 Å². The molecule has 0 aliphatic heterocycles. The Balaban J connectivity index is 1.94. The molecule has 0 atom stereocenters. The normalized spacial score (nSPS) is 9.91. The lowest BCUT2D eigenvalue weighted by Crippen LogP contribution is -2.20. The molecule has 0 aliphatic rings. The Morgan fingerprint density at radius 2 is 1.36 bits per heavy atom. The number of urea groups is 1. The first-order chi connectivity index (χ1) is 10.6. The molecule has 114 valence electrons. The summed E-state index contributed by atoms with van der Waals surface area (Å²) in [7, 11) is 1.58. The molecule has 0 spiro atoms. The zero-order chi connectivity index (χ0) is 15.9. The Hall–Kier alpha value is -2.82. The van der Waals surface area contributed by atoms with Gasteiger partial charge in [0.15, 0.2) is 0 Å². The lowest BCUT2D eigenvalue weighted by Gasteiger charge is -2.08. The standard InChI is InChI=1S/C17H19N3O2/c1-3-12-4-8-14(9-5-12)19-17(22)20-15-10-6-13(7-11-15)16(21)18-2/h4-11H,3H2,1-2H3,(H,18,21)(H2,19,20,22). The number of hydrogen-bond donors (Lipinski definition) is 3. The van der Waals surface area contributed by atoms with Crippen molar-refractivity contribution < 1.29 is 9.59 Å². The predicted molar refractivity (Wildman–Crippen MR) is 88.3 cm³/mol. The Morgan fingerprint density at radius 3 is 1.82 bits per heavy atom. The lowest BCUT2D eigenvalue weighted by molar-refractivity contribution is 0.0963. The summed E-state index contributed by atoms with van der Waals surface area (Å²) >= 11 is 0. The van der Waals surface area contributed by atoms with E-state index < -0.39 is 0 Å². The molecule has 0 radical (unpaired) electrons. The van der Waals surface area contributed by atoms with Crippen molar-refractivity contribution in [3.63, 3.8) is 0 Å². The highest BCUT2D eigenvalue weighted by Crippen LogP contribution is 2.12. The number of anilines is 2. The van der Waals surface area contributed by atoms with Crippen molar-refractivity contribution in [2.75, 3.05) is 17.7 Å². The average molecular weight is 297 g/mol. The van der Waals surface area contributed by atoms with Gasteiger partial charge in [-0.25, -0.2) is 4.79 Å². The smallest absolute Gasteiger partial charge is 0.323 e. The molecule has 0 fully saturated rings. The summed E-state index contributed by atoms with van der Waals surface area (Å²) in [6.45, 7) is 2.08. The molecule has 2 aromatic carbocycles. The Bertz CT molecular complexity index is 649. The summed E-state index contributed by atoms with van der Waals surface area (Å²) in [5.41, 5.74) is 3.12. The van der Waals surface area contributed by atoms with E-state index in [1.54, 1.807) is 31.3 Å². The second-order valence-electron chi connectivity index (χ2n) is 4.79. The summed E-state index contributed by atoms with van der Waals surface area (Å²) in [5.74, 6) is -0.160. The molecular weight excluding hydrogens is 278 g/mol. The van der Waals surface area contributed by atoms with E-state index in [2.05, 4.69) is 22.9 Å². The van der Waals surface area contributed by atoms with Crippen LogP contribution in [0.3, 0.4) is 0 Å². The van der Waals surface area contributed by atoms with E-state index in [-0.39, 0.29) is 11.9 Å². The van der Waals surface area contributed by atoms with Gasteiger partial charge in [0.2, 0.25) is 0 Å². The highest BCUT2D eigenvalue weighted by molar-refractivity contribution is 6.00. The van der Waals surface area contributed by atoms with E-state index in [9.17, 15) is 9.59 Å². The van der Waals surface area contributed by atoms with Gasteiger partial charge in [-0.05, 0) is 48.4 Å². The fraction of sp³-hybridized carbons (Fsp3) is 0.176. The first-order valence-corrected chi connectivity index (χ1v) is 7.11. The molecular formula is C17H19N3O2. The van der Waals surface area contributed by atoms with Crippen molar-refractivity contribution in [2.45, 2.75) is 13.3 Å². The van der Waals surface area contributed by atoms with Crippen LogP contribution in [0.2, 0.25) is 0 Å². The van der Waals surface area contributed by atoms with Crippen LogP contribution >= 0.6 is 0 Å². The maximum Gasteiger partial charge on any atom is 0.323 e. The number of carbonyl (C=O) groups excluding carboxylic acids is 2. The monoisotopic (exact) mass is 297 g/mol. The van der Waals surface area contributed by atoms with Crippen LogP contribution < -0.4 is 16.0 Å². The van der Waals surface area contributed by atoms with Crippen LogP contribution in [0.5, 0.6) is 0 Å². The summed E-state index contributed by atoms with van der Waals surface area (Å²) in [5, 5.41) is 8.03. The molecule has 0 aliphatic carbocycles. The van der Waals surface area contributed by atoms with Gasteiger partial charge >= 0.3 is 6.03 Å². The largest absolute Gasteiger partial charge is 0.355 e. The zero-order valence-electron chi connectivity index (χ0n) is 12.6. The van der Waals surface area contributed by atoms with Gasteiger partial charge in [-0.2, -0.15) is 0 Å². The van der Waals surface area contributed by atoms with Crippen molar-refractivity contribution in [2.24, 2.45) is 0 Å². The van der Waals surface area contributed by atoms with Crippen LogP contribution in [-0.4, -0.2) is 19.0 Å². The average Bonchev–Trinajstić information content (AvgIpc) is 2.55. The van der Waals surface area contributed by atoms with E-state index in [0.29, 0.717) is 11.3 Å². The third-order valence-corrected chi connectivity index (χ3v) is 3.25. The van der Waals surface area contributed by atoms with E-state index in [1.165, 1.54) is 5.56 Å². The molecule has 2 aromatic rings. The van der Waals surface area contributed by atoms with Gasteiger partial charge < -0.3 is 16.0 Å². The molecule has 3 N–H and O–H groups in total. The molecule has 0 saturated heterocycles. The molecule has 3 amide bonds. The quantitative estimate of drug-likeness (QED) is 0.810. The Labute approximate surface area is 129 Å². The third-order valence-electron chi connectivity index (χ3n) is 3.25. The van der Waals surface area contributed by atoms with Gasteiger partial charge in [-0.15, -0.1) is 0 Å². The molecule has 2 rings (SSSR count). The number of nitrogens with one attached hydrogen (secondary N) is 3. The van der Waals surface area contributed by atoms with Crippen molar-refractivity contribution in [1.29, 1.82) is 0 Å². The molecule has 5 heteroatoms. The second kappa shape index (κ2) is 7.26. The van der Waals surface area contributed by atoms with Crippen molar-refractivity contribution in [1.82, 2.24) is 5.32 Å². The first-order valence-electron chi connectivity index (χ1n) is 7.11. The van der Waals surface area contributed by atoms with E-state index in [1.807, 2.05) is 24.3 Å². The minimum absolute atomic E-state index is 0.160. The van der Waals surface area contributed by atoms with E-state index in [4.69, 9.17) is 0 Å². The fourth-order valence-corrected chi connectivity index (χ4v) is 1.97. The lowest BCUT2D eigenvalue weighted by atomic mass is 10.1. The minimum atomic E-state index is -0.322. The highest BCUT2D eigenvalue weighted by atomic mass is 16.2. The maximum atomic E-state index is 11.9. The minimum Gasteiger partial charge on any atom is -0.355 e. The zero-order valence-corrected chi connectivity index (χ0v) is 12.6. The summed E-state index contributed by atoms with van der Waals surface area (Å²) in [6, 6.07) is 14.1. The number of aryl methyl sites for hydroxylation is 1. The summed E-state index contributed by atoms with van der Waals surface area (Å²) in [6.07, 6.45) is 0.962. The molecule has 5 nitrogen and oxygen atoms in total. The van der Waals surface area contributed by atoms with Crippen molar-refractivity contribution in [3.8, 4) is 0 Å². The molecule has 0 heterocycles. The van der Waals surface area contributed by atoms with Gasteiger partial charge in [-0.1, -0.05) is 19.1 Å². The van der Waals surface area contributed by atoms with Crippen molar-refractivity contribution in [3.05, 3.63) is 59.7 Å². The van der Waals surface area contributed by atoms with Crippen LogP contribution in [0.4, 0.5) is 16.2 Å². The topological polar surface area (TPSA) is 70.2 Å². The number of carbonyl (C=O) groups is 2. The first kappa shape index (κ1) is 15.6. The predicted octanol–water partition coefficient (Wildman–Crippen LogP) is 3.25. The van der Waals surface area contributed by atoms with E-state index in [0.717, 1.165) is 12.1 Å². The van der Waals surface area contributed by atoms with Crippen LogP contribution in [0, 0.1) is 0 Å². The number of benzene rings is 2. The molecule has 0 bridgehead atoms. The molecule has 22 heavy (non-hydrogen) atoms. The van der Waals surface area contributed by atoms with Crippen LogP contribution in [-0.2, 0) is 6.42 Å². The fourth-order valence-electron chi connectivity index (χ4n) is 1.97. The second-order valence-corrected chi connectivity index (χ2v) is 4.79. The number of amides is 3. The molecule has 0 saturated carbocycles. The summed E-state index contributed by atoms with van der Waals surface area (Å²) < 4.78 is 0. The van der Waals surface area contributed by atoms with Gasteiger partial charge in [0.05, 0.1) is 0 Å². The SMILES string of the molecule is CCc1ccc(NC(=O)Nc2ccc(C(=O)NC)cc2)cc1. The summed E-state index contributed by atoms with van der Waals surface area (Å²) in [4.78, 5) is 23.3. The molecule has 0 aromatic heterocycles. The maximum absolute atomic E-state index is 11.9. The van der Waals surface area contributed by atoms with Gasteiger partial charge in [-0.3, -0.25) is 4.79 Å². The van der Waals surface area contributed by atoms with Crippen LogP contribution in [0.15, 0.2) is 48.5 Å². The van der Waals surface area contributed by atoms with Gasteiger partial charge in [0, 0.05) is 24.0 Å². The third kappa shape index (κ3) is 4.09. The number of rotatable bonds is 4. The highest BCUT2D eigenvalue weighted by Gasteiger charge is 2.05.